The second-order valence-electron chi connectivity index (χ2n) is 4.54. The molecule has 0 fully saturated rings. The molecule has 1 aromatic carbocycles. The molecule has 17 heavy (non-hydrogen) atoms. The Morgan fingerprint density at radius 1 is 0.824 bits per heavy atom. The summed E-state index contributed by atoms with van der Waals surface area (Å²) in [6, 6.07) is 7.59. The first-order valence-corrected chi connectivity index (χ1v) is 6.61. The van der Waals surface area contributed by atoms with E-state index >= 15 is 0 Å². The summed E-state index contributed by atoms with van der Waals surface area (Å²) in [5.74, 6) is 0.364. The van der Waals surface area contributed by atoms with Crippen molar-refractivity contribution >= 4 is 51.4 Å². The zero-order valence-corrected chi connectivity index (χ0v) is 10.4. The van der Waals surface area contributed by atoms with Crippen molar-refractivity contribution in [1.29, 1.82) is 0 Å². The van der Waals surface area contributed by atoms with Crippen LogP contribution in [0.4, 0.5) is 0 Å². The molecule has 92 valence electrons. The monoisotopic (exact) mass is 260 g/mol. The maximum atomic E-state index is 9.15. The molecule has 0 aliphatic heterocycles. The molecule has 0 heterocycles. The van der Waals surface area contributed by atoms with Crippen LogP contribution < -0.4 is 0 Å². The third kappa shape index (κ3) is 9.26. The van der Waals surface area contributed by atoms with E-state index in [1.165, 1.54) is 50.5 Å². The second-order valence-corrected chi connectivity index (χ2v) is 4.54. The molecule has 0 unspecified atom stereocenters. The molecule has 1 N–H and O–H groups in total. The van der Waals surface area contributed by atoms with Gasteiger partial charge < -0.3 is 5.11 Å². The Balaban J connectivity index is 0.00000256. The average Bonchev–Trinajstić information content (AvgIpc) is 2.30. The van der Waals surface area contributed by atoms with Gasteiger partial charge in [-0.1, -0.05) is 57.6 Å². The van der Waals surface area contributed by atoms with Crippen LogP contribution in [0.25, 0.3) is 0 Å². The van der Waals surface area contributed by atoms with Crippen LogP contribution in [0, 0.1) is 0 Å². The third-order valence-electron chi connectivity index (χ3n) is 3.01. The number of aryl methyl sites for hydroxylation is 1. The van der Waals surface area contributed by atoms with Gasteiger partial charge in [-0.2, -0.15) is 0 Å². The molecule has 0 amide bonds. The first-order chi connectivity index (χ1) is 7.83. The number of rotatable bonds is 8. The number of unbranched alkanes of at least 4 members (excludes halogenated alkanes) is 6. The molecule has 1 rings (SSSR count). The third-order valence-corrected chi connectivity index (χ3v) is 3.01. The van der Waals surface area contributed by atoms with Gasteiger partial charge in [0.15, 0.2) is 0 Å². The predicted molar refractivity (Wildman–Crippen MR) is 77.0 cm³/mol. The predicted octanol–water partition coefficient (Wildman–Crippen LogP) is 4.04. The number of hydrogen-bond donors (Lipinski definition) is 1. The van der Waals surface area contributed by atoms with E-state index in [4.69, 9.17) is 5.11 Å². The minimum absolute atomic E-state index is 0. The normalized spacial score (nSPS) is 9.94. The summed E-state index contributed by atoms with van der Waals surface area (Å²) < 4.78 is 0. The molecule has 1 aromatic rings. The van der Waals surface area contributed by atoms with Crippen molar-refractivity contribution in [3.05, 3.63) is 29.8 Å². The number of hydrogen-bond acceptors (Lipinski definition) is 1. The van der Waals surface area contributed by atoms with E-state index in [1.807, 2.05) is 12.1 Å². The van der Waals surface area contributed by atoms with E-state index in [1.54, 1.807) is 12.1 Å². The Kier molecular flexibility index (Phi) is 12.2. The Bertz CT molecular complexity index is 269. The Morgan fingerprint density at radius 3 is 1.94 bits per heavy atom. The fourth-order valence-corrected chi connectivity index (χ4v) is 1.95. The molecule has 0 radical (unpaired) electrons. The Morgan fingerprint density at radius 2 is 1.35 bits per heavy atom. The molecule has 0 spiro atoms. The average molecular weight is 260 g/mol. The maximum absolute atomic E-state index is 9.15. The summed E-state index contributed by atoms with van der Waals surface area (Å²) in [5.41, 5.74) is 1.34. The molecule has 0 bridgehead atoms. The zero-order chi connectivity index (χ0) is 11.6. The van der Waals surface area contributed by atoms with Crippen LogP contribution in [0.15, 0.2) is 24.3 Å². The van der Waals surface area contributed by atoms with Crippen LogP contribution >= 0.6 is 0 Å². The van der Waals surface area contributed by atoms with Crippen molar-refractivity contribution in [2.45, 2.75) is 58.3 Å². The molecule has 0 saturated carbocycles. The van der Waals surface area contributed by atoms with Gasteiger partial charge in [0.05, 0.1) is 0 Å². The van der Waals surface area contributed by atoms with Crippen molar-refractivity contribution in [2.75, 3.05) is 0 Å². The molecule has 0 aromatic heterocycles. The Hall–Kier alpha value is 0.656. The van der Waals surface area contributed by atoms with E-state index in [2.05, 4.69) is 6.92 Å². The van der Waals surface area contributed by atoms with Crippen LogP contribution in [0.1, 0.15) is 57.4 Å². The zero-order valence-electron chi connectivity index (χ0n) is 10.4. The van der Waals surface area contributed by atoms with E-state index in [-0.39, 0.29) is 51.4 Å². The number of phenols is 1. The van der Waals surface area contributed by atoms with Gasteiger partial charge in [-0.15, -0.1) is 0 Å². The van der Waals surface area contributed by atoms with Gasteiger partial charge in [-0.05, 0) is 30.5 Å². The van der Waals surface area contributed by atoms with Gasteiger partial charge in [-0.25, -0.2) is 0 Å². The Labute approximate surface area is 148 Å². The van der Waals surface area contributed by atoms with Crippen molar-refractivity contribution in [2.24, 2.45) is 0 Å². The molecule has 1 nitrogen and oxygen atoms in total. The summed E-state index contributed by atoms with van der Waals surface area (Å²) in [7, 11) is 0. The fraction of sp³-hybridized carbons (Fsp3) is 0.600. The van der Waals surface area contributed by atoms with Crippen LogP contribution in [-0.4, -0.2) is 56.5 Å². The van der Waals surface area contributed by atoms with E-state index in [0.29, 0.717) is 5.75 Å². The van der Waals surface area contributed by atoms with Gasteiger partial charge in [0.1, 0.15) is 5.75 Å². The number of phenolic OH excluding ortho intramolecular Hbond substituents is 1. The fourth-order valence-electron chi connectivity index (χ4n) is 1.95. The SMILES string of the molecule is CCCCCCCCCc1ccc(O)cc1.[KH]. The molecule has 0 aliphatic rings. The van der Waals surface area contributed by atoms with Crippen LogP contribution in [0.2, 0.25) is 0 Å². The summed E-state index contributed by atoms with van der Waals surface area (Å²) in [5, 5.41) is 9.15. The molecule has 0 saturated heterocycles. The quantitative estimate of drug-likeness (QED) is 0.552. The molecular formula is C15H25KO. The summed E-state index contributed by atoms with van der Waals surface area (Å²) in [6.07, 6.45) is 10.6. The van der Waals surface area contributed by atoms with Crippen molar-refractivity contribution in [3.63, 3.8) is 0 Å². The van der Waals surface area contributed by atoms with Crippen molar-refractivity contribution in [3.8, 4) is 5.75 Å². The summed E-state index contributed by atoms with van der Waals surface area (Å²) in [4.78, 5) is 0. The molecule has 2 heteroatoms. The van der Waals surface area contributed by atoms with E-state index < -0.39 is 0 Å². The van der Waals surface area contributed by atoms with Crippen molar-refractivity contribution < 1.29 is 5.11 Å². The van der Waals surface area contributed by atoms with Gasteiger partial charge in [0.25, 0.3) is 0 Å². The van der Waals surface area contributed by atoms with Gasteiger partial charge in [-0.3, -0.25) is 0 Å². The van der Waals surface area contributed by atoms with E-state index in [9.17, 15) is 0 Å². The first-order valence-electron chi connectivity index (χ1n) is 6.61. The van der Waals surface area contributed by atoms with Gasteiger partial charge in [0.2, 0.25) is 0 Å². The van der Waals surface area contributed by atoms with Gasteiger partial charge in [0, 0.05) is 0 Å². The second kappa shape index (κ2) is 11.7. The van der Waals surface area contributed by atoms with Crippen LogP contribution in [-0.2, 0) is 6.42 Å². The number of benzene rings is 1. The molecular weight excluding hydrogens is 235 g/mol. The standard InChI is InChI=1S/C15H24O.K.H/c1-2-3-4-5-6-7-8-9-14-10-12-15(16)13-11-14;;/h10-13,16H,2-9H2,1H3;;. The minimum atomic E-state index is 0. The molecule has 0 atom stereocenters. The first kappa shape index (κ1) is 17.7. The topological polar surface area (TPSA) is 20.2 Å². The number of aromatic hydroxyl groups is 1. The van der Waals surface area contributed by atoms with Crippen molar-refractivity contribution in [1.82, 2.24) is 0 Å². The van der Waals surface area contributed by atoms with Gasteiger partial charge >= 0.3 is 51.4 Å². The van der Waals surface area contributed by atoms with Crippen LogP contribution in [0.3, 0.4) is 0 Å². The summed E-state index contributed by atoms with van der Waals surface area (Å²) >= 11 is 0. The molecule has 0 aliphatic carbocycles. The summed E-state index contributed by atoms with van der Waals surface area (Å²) in [6.45, 7) is 2.25. The van der Waals surface area contributed by atoms with E-state index in [0.717, 1.165) is 6.42 Å². The van der Waals surface area contributed by atoms with Crippen LogP contribution in [0.5, 0.6) is 5.75 Å².